The molecule has 27 heavy (non-hydrogen) atoms. The number of thiol groups is 1. The largest absolute Gasteiger partial charge is 0.319 e. The topological polar surface area (TPSA) is 101 Å². The second-order valence-electron chi connectivity index (χ2n) is 4.82. The lowest BCUT2D eigenvalue weighted by Gasteiger charge is -2.10. The molecular weight excluding hydrogens is 384 g/mol. The number of amides is 1. The highest BCUT2D eigenvalue weighted by atomic mass is 32.2. The van der Waals surface area contributed by atoms with E-state index >= 15 is 0 Å². The number of rotatable bonds is 9. The molecule has 1 aromatic heterocycles. The van der Waals surface area contributed by atoms with Gasteiger partial charge < -0.3 is 5.32 Å². The van der Waals surface area contributed by atoms with Crippen molar-refractivity contribution in [3.63, 3.8) is 0 Å². The minimum Gasteiger partial charge on any atom is -0.319 e. The van der Waals surface area contributed by atoms with Gasteiger partial charge >= 0.3 is 0 Å². The van der Waals surface area contributed by atoms with E-state index in [1.807, 2.05) is 0 Å². The summed E-state index contributed by atoms with van der Waals surface area (Å²) in [4.78, 5) is 19.7. The third-order valence-corrected chi connectivity index (χ3v) is 4.46. The van der Waals surface area contributed by atoms with Crippen molar-refractivity contribution in [2.75, 3.05) is 5.32 Å². The van der Waals surface area contributed by atoms with E-state index in [9.17, 15) is 13.2 Å². The fourth-order valence-corrected chi connectivity index (χ4v) is 2.99. The fourth-order valence-electron chi connectivity index (χ4n) is 1.76. The SMILES string of the molecule is C=C/C=C\C(=C/C=C)NS(=O)(=O)c1cncc(NC(=O)/C(=C/S)N=CC)c1. The molecule has 142 valence electrons. The van der Waals surface area contributed by atoms with Crippen LogP contribution in [0.4, 0.5) is 5.69 Å². The van der Waals surface area contributed by atoms with Gasteiger partial charge in [0.25, 0.3) is 15.9 Å². The first kappa shape index (κ1) is 22.1. The second-order valence-corrected chi connectivity index (χ2v) is 6.76. The zero-order chi connectivity index (χ0) is 20.3. The Labute approximate surface area is 164 Å². The maximum Gasteiger partial charge on any atom is 0.274 e. The smallest absolute Gasteiger partial charge is 0.274 e. The van der Waals surface area contributed by atoms with Gasteiger partial charge in [-0.2, -0.15) is 0 Å². The third kappa shape index (κ3) is 7.08. The number of nitrogens with one attached hydrogen (secondary N) is 2. The summed E-state index contributed by atoms with van der Waals surface area (Å²) in [5.74, 6) is -0.548. The molecule has 0 saturated heterocycles. The molecular formula is C18H20N4O3S2. The molecule has 0 spiro atoms. The molecule has 7 nitrogen and oxygen atoms in total. The molecule has 1 amide bonds. The van der Waals surface area contributed by atoms with E-state index < -0.39 is 15.9 Å². The van der Waals surface area contributed by atoms with Crippen molar-refractivity contribution >= 4 is 40.5 Å². The highest BCUT2D eigenvalue weighted by Crippen LogP contribution is 2.16. The number of aliphatic imine (C=N–C) groups is 1. The van der Waals surface area contributed by atoms with Crippen LogP contribution in [0.3, 0.4) is 0 Å². The highest BCUT2D eigenvalue weighted by molar-refractivity contribution is 7.89. The van der Waals surface area contributed by atoms with Crippen LogP contribution in [0.2, 0.25) is 0 Å². The van der Waals surface area contributed by atoms with Gasteiger partial charge in [0.1, 0.15) is 10.6 Å². The maximum absolute atomic E-state index is 12.6. The van der Waals surface area contributed by atoms with Gasteiger partial charge in [0.2, 0.25) is 0 Å². The Morgan fingerprint density at radius 1 is 1.30 bits per heavy atom. The van der Waals surface area contributed by atoms with Gasteiger partial charge in [-0.15, -0.1) is 12.6 Å². The van der Waals surface area contributed by atoms with E-state index in [0.717, 1.165) is 0 Å². The van der Waals surface area contributed by atoms with Crippen molar-refractivity contribution < 1.29 is 13.2 Å². The Morgan fingerprint density at radius 2 is 2.04 bits per heavy atom. The highest BCUT2D eigenvalue weighted by Gasteiger charge is 2.17. The number of sulfonamides is 1. The van der Waals surface area contributed by atoms with Crippen molar-refractivity contribution in [1.82, 2.24) is 9.71 Å². The lowest BCUT2D eigenvalue weighted by molar-refractivity contribution is -0.112. The Balaban J connectivity index is 3.11. The fraction of sp³-hybridized carbons (Fsp3) is 0.0556. The lowest BCUT2D eigenvalue weighted by Crippen LogP contribution is -2.23. The van der Waals surface area contributed by atoms with Gasteiger partial charge in [0.05, 0.1) is 11.9 Å². The second kappa shape index (κ2) is 10.9. The minimum absolute atomic E-state index is 0.0676. The molecule has 0 bridgehead atoms. The van der Waals surface area contributed by atoms with Gasteiger partial charge in [0, 0.05) is 18.1 Å². The first-order valence-electron chi connectivity index (χ1n) is 7.62. The molecule has 0 saturated carbocycles. The molecule has 0 aromatic carbocycles. The van der Waals surface area contributed by atoms with Crippen LogP contribution >= 0.6 is 12.6 Å². The summed E-state index contributed by atoms with van der Waals surface area (Å²) >= 11 is 3.92. The zero-order valence-electron chi connectivity index (χ0n) is 14.7. The van der Waals surface area contributed by atoms with Crippen LogP contribution in [0.5, 0.6) is 0 Å². The van der Waals surface area contributed by atoms with Crippen molar-refractivity contribution in [3.8, 4) is 0 Å². The number of aromatic nitrogens is 1. The maximum atomic E-state index is 12.6. The number of carbonyl (C=O) groups excluding carboxylic acids is 1. The van der Waals surface area contributed by atoms with E-state index in [1.165, 1.54) is 54.4 Å². The molecule has 1 aromatic rings. The van der Waals surface area contributed by atoms with Crippen LogP contribution in [-0.2, 0) is 14.8 Å². The van der Waals surface area contributed by atoms with Crippen LogP contribution in [-0.4, -0.2) is 25.5 Å². The lowest BCUT2D eigenvalue weighted by atomic mass is 10.3. The van der Waals surface area contributed by atoms with Gasteiger partial charge in [-0.05, 0) is 30.6 Å². The predicted molar refractivity (Wildman–Crippen MR) is 112 cm³/mol. The zero-order valence-corrected chi connectivity index (χ0v) is 16.4. The van der Waals surface area contributed by atoms with Gasteiger partial charge in [-0.25, -0.2) is 8.42 Å². The van der Waals surface area contributed by atoms with Crippen LogP contribution in [0.25, 0.3) is 0 Å². The standard InChI is InChI=1S/C18H20N4O3S2/c1-4-7-9-14(8-5-2)22-27(24,25)16-10-15(11-19-12-16)21-18(23)17(13-26)20-6-3/h4-13,22,26H,1-2H2,3H3,(H,21,23)/b9-7-,14-8+,17-13-,20-6?. The van der Waals surface area contributed by atoms with E-state index in [0.29, 0.717) is 0 Å². The first-order chi connectivity index (χ1) is 12.9. The summed E-state index contributed by atoms with van der Waals surface area (Å²) in [7, 11) is -3.93. The Morgan fingerprint density at radius 3 is 2.63 bits per heavy atom. The quantitative estimate of drug-likeness (QED) is 0.255. The number of pyridine rings is 1. The van der Waals surface area contributed by atoms with Gasteiger partial charge in [-0.3, -0.25) is 19.5 Å². The number of carbonyl (C=O) groups is 1. The molecule has 0 aliphatic rings. The average Bonchev–Trinajstić information content (AvgIpc) is 2.64. The van der Waals surface area contributed by atoms with Crippen molar-refractivity contribution in [2.45, 2.75) is 11.8 Å². The molecule has 0 aliphatic heterocycles. The summed E-state index contributed by atoms with van der Waals surface area (Å²) in [6.45, 7) is 8.73. The average molecular weight is 405 g/mol. The number of allylic oxidation sites excluding steroid dienone is 5. The summed E-state index contributed by atoms with van der Waals surface area (Å²) in [6.07, 6.45) is 11.5. The molecule has 1 rings (SSSR count). The number of hydrogen-bond donors (Lipinski definition) is 3. The minimum atomic E-state index is -3.93. The molecule has 1 heterocycles. The monoisotopic (exact) mass is 404 g/mol. The van der Waals surface area contributed by atoms with Gasteiger partial charge in [-0.1, -0.05) is 31.4 Å². The van der Waals surface area contributed by atoms with E-state index in [-0.39, 0.29) is 22.0 Å². The van der Waals surface area contributed by atoms with Gasteiger partial charge in [0.15, 0.2) is 0 Å². The molecule has 0 radical (unpaired) electrons. The Bertz CT molecular complexity index is 930. The summed E-state index contributed by atoms with van der Waals surface area (Å²) in [6, 6.07) is 1.28. The predicted octanol–water partition coefficient (Wildman–Crippen LogP) is 2.97. The van der Waals surface area contributed by atoms with Crippen molar-refractivity contribution in [3.05, 3.63) is 78.8 Å². The van der Waals surface area contributed by atoms with Crippen molar-refractivity contribution in [2.24, 2.45) is 4.99 Å². The van der Waals surface area contributed by atoms with Crippen LogP contribution in [0, 0.1) is 0 Å². The molecule has 0 atom stereocenters. The number of nitrogens with zero attached hydrogens (tertiary/aromatic N) is 2. The molecule has 0 aliphatic carbocycles. The third-order valence-electron chi connectivity index (χ3n) is 2.87. The number of anilines is 1. The molecule has 9 heteroatoms. The van der Waals surface area contributed by atoms with Crippen molar-refractivity contribution in [1.29, 1.82) is 0 Å². The van der Waals surface area contributed by atoms with E-state index in [2.05, 4.69) is 45.8 Å². The molecule has 0 fully saturated rings. The first-order valence-corrected chi connectivity index (χ1v) is 9.62. The van der Waals surface area contributed by atoms with Crippen LogP contribution < -0.4 is 10.0 Å². The van der Waals surface area contributed by atoms with E-state index in [4.69, 9.17) is 0 Å². The Hall–Kier alpha value is -2.91. The number of hydrogen-bond acceptors (Lipinski definition) is 6. The molecule has 2 N–H and O–H groups in total. The normalized spacial score (nSPS) is 13.0. The van der Waals surface area contributed by atoms with Crippen LogP contribution in [0.1, 0.15) is 6.92 Å². The summed E-state index contributed by atoms with van der Waals surface area (Å²) in [5.41, 5.74) is 0.549. The summed E-state index contributed by atoms with van der Waals surface area (Å²) in [5, 5.41) is 3.76. The Kier molecular flexibility index (Phi) is 8.97. The van der Waals surface area contributed by atoms with E-state index in [1.54, 1.807) is 13.0 Å². The molecule has 0 unspecified atom stereocenters. The van der Waals surface area contributed by atoms with Crippen LogP contribution in [0.15, 0.2) is 88.7 Å². The summed E-state index contributed by atoms with van der Waals surface area (Å²) < 4.78 is 27.5.